The minimum absolute atomic E-state index is 0.0165. The molecule has 13 heteroatoms. The Balaban J connectivity index is 1.32. The molecule has 226 valence electrons. The number of fused-ring (bicyclic) bond motifs is 4. The van der Waals surface area contributed by atoms with E-state index < -0.39 is 73.4 Å². The lowest BCUT2D eigenvalue weighted by atomic mass is 9.66. The Labute approximate surface area is 243 Å². The second kappa shape index (κ2) is 10.4. The van der Waals surface area contributed by atoms with Crippen LogP contribution in [0.1, 0.15) is 38.4 Å². The van der Waals surface area contributed by atoms with Crippen LogP contribution in [0.15, 0.2) is 24.3 Å². The van der Waals surface area contributed by atoms with Crippen LogP contribution in [0.2, 0.25) is 0 Å². The third-order valence-corrected chi connectivity index (χ3v) is 8.50. The Kier molecular flexibility index (Phi) is 6.26. The molecule has 0 bridgehead atoms. The number of cyclic esters (lactones) is 1. The van der Waals surface area contributed by atoms with E-state index in [1.165, 1.54) is 21.1 Å². The Morgan fingerprint density at radius 3 is 2.33 bits per heavy atom. The molecule has 0 aromatic heterocycles. The average molecular weight is 591 g/mol. The summed E-state index contributed by atoms with van der Waals surface area (Å²) in [6, 6.07) is 6.72. The summed E-state index contributed by atoms with van der Waals surface area (Å²) in [5.74, 6) is -1.58. The number of aromatic hydroxyl groups is 1. The topological polar surface area (TPSA) is 161 Å². The highest BCUT2D eigenvalue weighted by Gasteiger charge is 2.56. The van der Waals surface area contributed by atoms with Crippen molar-refractivity contribution in [2.45, 2.75) is 55.9 Å². The van der Waals surface area contributed by atoms with Crippen LogP contribution in [0.3, 0.4) is 0 Å². The van der Waals surface area contributed by atoms with Crippen LogP contribution >= 0.6 is 0 Å². The molecule has 0 unspecified atom stereocenters. The van der Waals surface area contributed by atoms with Crippen LogP contribution in [-0.4, -0.2) is 92.5 Å². The fourth-order valence-corrected chi connectivity index (χ4v) is 6.53. The standard InChI is InChI=1S/C29H32O13/c1-11-36-9-20-27(40-11)24(31)25(32)29(41-20)42-26-14-7-17-16(38-10-39-17)6-13(14)21(22-15(26)8-37-28(22)33)12-4-18(34-2)23(30)19(5-12)35-3/h4-7,11,15,20-22,24-27,29-32H,8-10H2,1-3H3/t11-,15+,20-,21-,22+,24-,25-,26-,27-,29+/m1/s1/i9D2. The average Bonchev–Trinajstić information content (AvgIpc) is 3.61. The van der Waals surface area contributed by atoms with Crippen molar-refractivity contribution < 1.29 is 65.5 Å². The lowest BCUT2D eigenvalue weighted by Crippen LogP contribution is -2.63. The van der Waals surface area contributed by atoms with Gasteiger partial charge in [0.25, 0.3) is 0 Å². The summed E-state index contributed by atoms with van der Waals surface area (Å²) < 4.78 is 67.5. The third-order valence-electron chi connectivity index (χ3n) is 8.50. The van der Waals surface area contributed by atoms with Crippen molar-refractivity contribution in [3.05, 3.63) is 41.0 Å². The molecule has 4 aliphatic heterocycles. The molecule has 3 fully saturated rings. The van der Waals surface area contributed by atoms with Crippen molar-refractivity contribution in [3.8, 4) is 28.7 Å². The third kappa shape index (κ3) is 4.26. The number of phenolic OH excluding ortho intramolecular Hbond substituents is 1. The molecule has 0 spiro atoms. The first-order valence-corrected chi connectivity index (χ1v) is 13.6. The van der Waals surface area contributed by atoms with Crippen molar-refractivity contribution in [2.24, 2.45) is 11.8 Å². The molecule has 2 aromatic carbocycles. The molecule has 42 heavy (non-hydrogen) atoms. The van der Waals surface area contributed by atoms with Gasteiger partial charge in [-0.3, -0.25) is 4.79 Å². The summed E-state index contributed by atoms with van der Waals surface area (Å²) in [4.78, 5) is 13.4. The molecule has 4 heterocycles. The van der Waals surface area contributed by atoms with Crippen LogP contribution in [0.4, 0.5) is 0 Å². The van der Waals surface area contributed by atoms with E-state index in [9.17, 15) is 20.1 Å². The van der Waals surface area contributed by atoms with Crippen LogP contribution in [0.5, 0.6) is 28.7 Å². The number of hydrogen-bond donors (Lipinski definition) is 3. The molecule has 5 aliphatic rings. The van der Waals surface area contributed by atoms with E-state index in [0.717, 1.165) is 0 Å². The molecule has 7 rings (SSSR count). The quantitative estimate of drug-likeness (QED) is 0.429. The van der Waals surface area contributed by atoms with Crippen molar-refractivity contribution >= 4 is 5.97 Å². The normalized spacial score (nSPS) is 38.4. The summed E-state index contributed by atoms with van der Waals surface area (Å²) in [5.41, 5.74) is 1.78. The van der Waals surface area contributed by atoms with Crippen LogP contribution in [0.25, 0.3) is 0 Å². The van der Waals surface area contributed by atoms with Gasteiger partial charge in [-0.15, -0.1) is 0 Å². The van der Waals surface area contributed by atoms with Gasteiger partial charge >= 0.3 is 5.97 Å². The number of hydrogen-bond acceptors (Lipinski definition) is 13. The molecular weight excluding hydrogens is 556 g/mol. The highest BCUT2D eigenvalue weighted by atomic mass is 16.8. The Hall–Kier alpha value is -3.33. The molecule has 0 radical (unpaired) electrons. The zero-order valence-electron chi connectivity index (χ0n) is 24.9. The number of carbonyl (C=O) groups is 1. The predicted molar refractivity (Wildman–Crippen MR) is 138 cm³/mol. The number of ether oxygens (including phenoxy) is 9. The number of benzene rings is 2. The number of carbonyl (C=O) groups excluding carboxylic acids is 1. The van der Waals surface area contributed by atoms with E-state index in [0.29, 0.717) is 28.2 Å². The van der Waals surface area contributed by atoms with Gasteiger partial charge in [-0.25, -0.2) is 0 Å². The predicted octanol–water partition coefficient (Wildman–Crippen LogP) is 1.34. The fourth-order valence-electron chi connectivity index (χ4n) is 6.53. The Bertz CT molecular complexity index is 1440. The van der Waals surface area contributed by atoms with Crippen LogP contribution in [0, 0.1) is 11.8 Å². The van der Waals surface area contributed by atoms with Gasteiger partial charge in [0.15, 0.2) is 35.6 Å². The summed E-state index contributed by atoms with van der Waals surface area (Å²) in [5, 5.41) is 32.6. The summed E-state index contributed by atoms with van der Waals surface area (Å²) >= 11 is 0. The minimum atomic E-state index is -2.36. The maximum Gasteiger partial charge on any atom is 0.310 e. The van der Waals surface area contributed by atoms with Crippen LogP contribution < -0.4 is 18.9 Å². The number of aliphatic hydroxyl groups excluding tert-OH is 2. The second-order valence-electron chi connectivity index (χ2n) is 10.8. The highest BCUT2D eigenvalue weighted by Crippen LogP contribution is 2.57. The van der Waals surface area contributed by atoms with E-state index in [2.05, 4.69) is 0 Å². The van der Waals surface area contributed by atoms with Crippen molar-refractivity contribution in [2.75, 3.05) is 34.2 Å². The first-order chi connectivity index (χ1) is 21.0. The van der Waals surface area contributed by atoms with E-state index in [1.807, 2.05) is 0 Å². The molecule has 0 saturated carbocycles. The van der Waals surface area contributed by atoms with Gasteiger partial charge in [0.2, 0.25) is 12.5 Å². The number of methoxy groups -OCH3 is 2. The Morgan fingerprint density at radius 2 is 1.64 bits per heavy atom. The SMILES string of the molecule is [2H]C1([2H])O[C@@H](C)O[C@H]2[C@H](O)[C@@H](O)[C@H](O[C@@H]3c4cc5c(cc4[C@@H](c4cc(OC)c(O)c(OC)c4)[C@H]4C(=O)OC[C@@H]43)OCO5)O[C@@H]21. The van der Waals surface area contributed by atoms with Gasteiger partial charge in [0, 0.05) is 11.8 Å². The number of rotatable bonds is 5. The zero-order chi connectivity index (χ0) is 31.1. The van der Waals surface area contributed by atoms with Crippen LogP contribution in [-0.2, 0) is 28.5 Å². The maximum atomic E-state index is 13.4. The maximum absolute atomic E-state index is 13.4. The first kappa shape index (κ1) is 25.2. The Morgan fingerprint density at radius 1 is 0.952 bits per heavy atom. The van der Waals surface area contributed by atoms with Gasteiger partial charge < -0.3 is 58.0 Å². The van der Waals surface area contributed by atoms with E-state index in [4.69, 9.17) is 45.4 Å². The largest absolute Gasteiger partial charge is 0.502 e. The molecule has 0 amide bonds. The van der Waals surface area contributed by atoms with Gasteiger partial charge in [-0.05, 0) is 47.9 Å². The van der Waals surface area contributed by atoms with Crippen molar-refractivity contribution in [1.82, 2.24) is 0 Å². The van der Waals surface area contributed by atoms with Crippen molar-refractivity contribution in [1.29, 1.82) is 0 Å². The second-order valence-corrected chi connectivity index (χ2v) is 10.8. The molecular formula is C29H32O13. The van der Waals surface area contributed by atoms with E-state index in [1.54, 1.807) is 24.3 Å². The molecule has 1 aliphatic carbocycles. The van der Waals surface area contributed by atoms with Crippen molar-refractivity contribution in [3.63, 3.8) is 0 Å². The smallest absolute Gasteiger partial charge is 0.310 e. The van der Waals surface area contributed by atoms with E-state index >= 15 is 0 Å². The molecule has 2 aromatic rings. The van der Waals surface area contributed by atoms with Gasteiger partial charge in [0.05, 0.1) is 42.1 Å². The minimum Gasteiger partial charge on any atom is -0.502 e. The zero-order valence-corrected chi connectivity index (χ0v) is 22.9. The highest BCUT2D eigenvalue weighted by molar-refractivity contribution is 5.79. The van der Waals surface area contributed by atoms with Gasteiger partial charge in [-0.1, -0.05) is 0 Å². The fraction of sp³-hybridized carbons (Fsp3) is 0.552. The lowest BCUT2D eigenvalue weighted by molar-refractivity contribution is -0.364. The first-order valence-electron chi connectivity index (χ1n) is 14.6. The monoisotopic (exact) mass is 590 g/mol. The molecule has 10 atom stereocenters. The lowest BCUT2D eigenvalue weighted by Gasteiger charge is -2.47. The van der Waals surface area contributed by atoms with Gasteiger partial charge in [0.1, 0.15) is 24.4 Å². The summed E-state index contributed by atoms with van der Waals surface area (Å²) in [7, 11) is 2.81. The number of aliphatic hydroxyl groups is 2. The van der Waals surface area contributed by atoms with Gasteiger partial charge in [-0.2, -0.15) is 0 Å². The van der Waals surface area contributed by atoms with E-state index in [-0.39, 0.29) is 30.6 Å². The number of esters is 1. The summed E-state index contributed by atoms with van der Waals surface area (Å²) in [6.45, 7) is -0.936. The summed E-state index contributed by atoms with van der Waals surface area (Å²) in [6.07, 6.45) is -9.30. The number of phenols is 1. The molecule has 3 saturated heterocycles. The molecule has 13 nitrogen and oxygen atoms in total. The molecule has 3 N–H and O–H groups in total.